The summed E-state index contributed by atoms with van der Waals surface area (Å²) in [6.07, 6.45) is 0.936. The molecule has 1 saturated carbocycles. The molecule has 26 heavy (non-hydrogen) atoms. The van der Waals surface area contributed by atoms with Crippen LogP contribution in [0.2, 0.25) is 0 Å². The number of furan rings is 1. The van der Waals surface area contributed by atoms with E-state index in [2.05, 4.69) is 24.3 Å². The summed E-state index contributed by atoms with van der Waals surface area (Å²) < 4.78 is 5.72. The molecule has 0 aliphatic heterocycles. The molecule has 2 unspecified atom stereocenters. The largest absolute Gasteiger partial charge is 0.464 e. The normalized spacial score (nSPS) is 18.5. The minimum absolute atomic E-state index is 0.0807. The van der Waals surface area contributed by atoms with Gasteiger partial charge in [0, 0.05) is 12.5 Å². The van der Waals surface area contributed by atoms with Crippen molar-refractivity contribution >= 4 is 5.91 Å². The van der Waals surface area contributed by atoms with Gasteiger partial charge in [0.1, 0.15) is 11.5 Å². The summed E-state index contributed by atoms with van der Waals surface area (Å²) >= 11 is 0. The lowest BCUT2D eigenvalue weighted by Gasteiger charge is -2.22. The first-order chi connectivity index (χ1) is 12.7. The highest BCUT2D eigenvalue weighted by molar-refractivity contribution is 5.83. The van der Waals surface area contributed by atoms with E-state index >= 15 is 0 Å². The fourth-order valence-electron chi connectivity index (χ4n) is 3.54. The van der Waals surface area contributed by atoms with Gasteiger partial charge in [-0.3, -0.25) is 4.79 Å². The summed E-state index contributed by atoms with van der Waals surface area (Å²) in [5.41, 5.74) is 2.40. The quantitative estimate of drug-likeness (QED) is 0.635. The zero-order valence-electron chi connectivity index (χ0n) is 15.0. The SMILES string of the molecule is Cc1ccc(CN(Cc2ccccc2)C(=O)C2CC2c2ccccc2)o1. The van der Waals surface area contributed by atoms with Gasteiger partial charge in [-0.15, -0.1) is 0 Å². The molecule has 0 N–H and O–H groups in total. The molecule has 3 nitrogen and oxygen atoms in total. The van der Waals surface area contributed by atoms with Crippen LogP contribution in [0, 0.1) is 12.8 Å². The van der Waals surface area contributed by atoms with Crippen LogP contribution in [-0.4, -0.2) is 10.8 Å². The third-order valence-electron chi connectivity index (χ3n) is 5.01. The number of rotatable bonds is 6. The standard InChI is InChI=1S/C23H23NO2/c1-17-12-13-20(26-17)16-24(15-18-8-4-2-5-9-18)23(25)22-14-21(22)19-10-6-3-7-11-19/h2-13,21-22H,14-16H2,1H3. The highest BCUT2D eigenvalue weighted by Gasteiger charge is 2.45. The summed E-state index contributed by atoms with van der Waals surface area (Å²) in [4.78, 5) is 15.1. The Labute approximate surface area is 154 Å². The summed E-state index contributed by atoms with van der Waals surface area (Å²) in [6.45, 7) is 3.05. The van der Waals surface area contributed by atoms with Gasteiger partial charge < -0.3 is 9.32 Å². The Balaban J connectivity index is 1.51. The second-order valence-corrected chi connectivity index (χ2v) is 7.05. The lowest BCUT2D eigenvalue weighted by molar-refractivity contribution is -0.134. The second kappa shape index (κ2) is 7.20. The van der Waals surface area contributed by atoms with Crippen LogP contribution in [0.25, 0.3) is 0 Å². The van der Waals surface area contributed by atoms with Gasteiger partial charge in [-0.25, -0.2) is 0 Å². The number of hydrogen-bond acceptors (Lipinski definition) is 2. The maximum absolute atomic E-state index is 13.2. The monoisotopic (exact) mass is 345 g/mol. The first-order valence-electron chi connectivity index (χ1n) is 9.13. The summed E-state index contributed by atoms with van der Waals surface area (Å²) in [5, 5.41) is 0. The van der Waals surface area contributed by atoms with Crippen LogP contribution in [0.15, 0.2) is 77.2 Å². The van der Waals surface area contributed by atoms with Gasteiger partial charge in [0.05, 0.1) is 6.54 Å². The van der Waals surface area contributed by atoms with E-state index in [-0.39, 0.29) is 11.8 Å². The van der Waals surface area contributed by atoms with Crippen molar-refractivity contribution in [3.63, 3.8) is 0 Å². The van der Waals surface area contributed by atoms with Crippen molar-refractivity contribution in [2.45, 2.75) is 32.4 Å². The Bertz CT molecular complexity index is 869. The van der Waals surface area contributed by atoms with Crippen LogP contribution in [-0.2, 0) is 17.9 Å². The molecule has 1 fully saturated rings. The van der Waals surface area contributed by atoms with Gasteiger partial charge in [-0.05, 0) is 42.5 Å². The number of aryl methyl sites for hydroxylation is 1. The van der Waals surface area contributed by atoms with Crippen molar-refractivity contribution < 1.29 is 9.21 Å². The Kier molecular flexibility index (Phi) is 4.61. The van der Waals surface area contributed by atoms with Crippen molar-refractivity contribution in [1.29, 1.82) is 0 Å². The predicted octanol–water partition coefficient (Wildman–Crippen LogP) is 4.92. The Morgan fingerprint density at radius 1 is 0.962 bits per heavy atom. The Hall–Kier alpha value is -2.81. The number of nitrogens with zero attached hydrogens (tertiary/aromatic N) is 1. The third kappa shape index (κ3) is 3.72. The summed E-state index contributed by atoms with van der Waals surface area (Å²) in [6, 6.07) is 24.4. The fourth-order valence-corrected chi connectivity index (χ4v) is 3.54. The van der Waals surface area contributed by atoms with Gasteiger partial charge in [0.2, 0.25) is 5.91 Å². The fraction of sp³-hybridized carbons (Fsp3) is 0.261. The van der Waals surface area contributed by atoms with Gasteiger partial charge in [-0.1, -0.05) is 60.7 Å². The molecule has 4 rings (SSSR count). The molecule has 3 heteroatoms. The van der Waals surface area contributed by atoms with Crippen molar-refractivity contribution in [3.8, 4) is 0 Å². The molecule has 0 radical (unpaired) electrons. The Morgan fingerprint density at radius 2 is 1.65 bits per heavy atom. The minimum Gasteiger partial charge on any atom is -0.464 e. The van der Waals surface area contributed by atoms with E-state index in [1.807, 2.05) is 60.4 Å². The van der Waals surface area contributed by atoms with E-state index in [4.69, 9.17) is 4.42 Å². The van der Waals surface area contributed by atoms with Crippen LogP contribution >= 0.6 is 0 Å². The molecule has 0 bridgehead atoms. The zero-order valence-corrected chi connectivity index (χ0v) is 15.0. The molecule has 2 aromatic carbocycles. The van der Waals surface area contributed by atoms with E-state index in [1.54, 1.807) is 0 Å². The van der Waals surface area contributed by atoms with Crippen LogP contribution in [0.3, 0.4) is 0 Å². The average Bonchev–Trinajstić information content (AvgIpc) is 3.38. The minimum atomic E-state index is 0.0807. The molecule has 0 spiro atoms. The smallest absolute Gasteiger partial charge is 0.227 e. The third-order valence-corrected chi connectivity index (χ3v) is 5.01. The first-order valence-corrected chi connectivity index (χ1v) is 9.13. The molecule has 1 aliphatic rings. The van der Waals surface area contributed by atoms with Crippen LogP contribution in [0.1, 0.15) is 35.0 Å². The lowest BCUT2D eigenvalue weighted by Crippen LogP contribution is -2.31. The number of carbonyl (C=O) groups excluding carboxylic acids is 1. The maximum atomic E-state index is 13.2. The second-order valence-electron chi connectivity index (χ2n) is 7.05. The van der Waals surface area contributed by atoms with Gasteiger partial charge in [-0.2, -0.15) is 0 Å². The zero-order chi connectivity index (χ0) is 17.9. The van der Waals surface area contributed by atoms with E-state index in [0.717, 1.165) is 23.5 Å². The van der Waals surface area contributed by atoms with E-state index in [0.29, 0.717) is 19.0 Å². The highest BCUT2D eigenvalue weighted by atomic mass is 16.3. The van der Waals surface area contributed by atoms with Crippen molar-refractivity contribution in [2.24, 2.45) is 5.92 Å². The highest BCUT2D eigenvalue weighted by Crippen LogP contribution is 2.48. The summed E-state index contributed by atoms with van der Waals surface area (Å²) in [7, 11) is 0. The molecule has 0 saturated heterocycles. The van der Waals surface area contributed by atoms with Gasteiger partial charge in [0.25, 0.3) is 0 Å². The van der Waals surface area contributed by atoms with E-state index in [9.17, 15) is 4.79 Å². The number of hydrogen-bond donors (Lipinski definition) is 0. The molecule has 132 valence electrons. The maximum Gasteiger partial charge on any atom is 0.227 e. The molecule has 1 heterocycles. The van der Waals surface area contributed by atoms with Crippen molar-refractivity contribution in [1.82, 2.24) is 4.90 Å². The average molecular weight is 345 g/mol. The lowest BCUT2D eigenvalue weighted by atomic mass is 10.1. The number of amides is 1. The van der Waals surface area contributed by atoms with Crippen LogP contribution in [0.4, 0.5) is 0 Å². The molecule has 1 amide bonds. The first kappa shape index (κ1) is 16.6. The van der Waals surface area contributed by atoms with Crippen molar-refractivity contribution in [3.05, 3.63) is 95.4 Å². The molecule has 1 aromatic heterocycles. The van der Waals surface area contributed by atoms with Gasteiger partial charge >= 0.3 is 0 Å². The van der Waals surface area contributed by atoms with Crippen LogP contribution in [0.5, 0.6) is 0 Å². The number of carbonyl (C=O) groups is 1. The predicted molar refractivity (Wildman–Crippen MR) is 101 cm³/mol. The van der Waals surface area contributed by atoms with E-state index < -0.39 is 0 Å². The summed E-state index contributed by atoms with van der Waals surface area (Å²) in [5.74, 6) is 2.36. The molecule has 2 atom stereocenters. The molecule has 1 aliphatic carbocycles. The van der Waals surface area contributed by atoms with Gasteiger partial charge in [0.15, 0.2) is 0 Å². The Morgan fingerprint density at radius 3 is 2.31 bits per heavy atom. The van der Waals surface area contributed by atoms with Crippen molar-refractivity contribution in [2.75, 3.05) is 0 Å². The number of benzene rings is 2. The topological polar surface area (TPSA) is 33.5 Å². The molecule has 3 aromatic rings. The van der Waals surface area contributed by atoms with E-state index in [1.165, 1.54) is 5.56 Å². The molecular formula is C23H23NO2. The molecular weight excluding hydrogens is 322 g/mol. The van der Waals surface area contributed by atoms with Crippen LogP contribution < -0.4 is 0 Å².